The normalized spacial score (nSPS) is 26.7. The van der Waals surface area contributed by atoms with E-state index in [1.807, 2.05) is 0 Å². The Hall–Kier alpha value is -4.22. The number of esters is 5. The van der Waals surface area contributed by atoms with E-state index in [9.17, 15) is 28.8 Å². The number of ketones is 1. The van der Waals surface area contributed by atoms with Crippen molar-refractivity contribution >= 4 is 35.6 Å². The van der Waals surface area contributed by atoms with Crippen LogP contribution >= 0.6 is 0 Å². The number of ether oxygens (including phenoxy) is 5. The van der Waals surface area contributed by atoms with Gasteiger partial charge < -0.3 is 28.6 Å². The van der Waals surface area contributed by atoms with E-state index in [2.05, 4.69) is 0 Å². The van der Waals surface area contributed by atoms with Gasteiger partial charge in [0.05, 0.1) is 56.8 Å². The summed E-state index contributed by atoms with van der Waals surface area (Å²) >= 11 is 0. The summed E-state index contributed by atoms with van der Waals surface area (Å²) in [6.45, 7) is 4.68. The molecule has 3 aliphatic rings. The lowest BCUT2D eigenvalue weighted by Gasteiger charge is -2.46. The number of carbonyl (C=O) groups is 6. The number of carbonyl (C=O) groups excluding carboxylic acids is 6. The fraction of sp³-hybridized carbons (Fsp3) is 0.462. The minimum Gasteiger partial charge on any atom is -0.466 e. The van der Waals surface area contributed by atoms with Gasteiger partial charge in [0.2, 0.25) is 5.54 Å². The van der Waals surface area contributed by atoms with Crippen molar-refractivity contribution in [3.8, 4) is 0 Å². The molecule has 0 aromatic heterocycles. The molecule has 0 radical (unpaired) electrons. The summed E-state index contributed by atoms with van der Waals surface area (Å²) in [5.74, 6) is -5.97. The van der Waals surface area contributed by atoms with E-state index >= 15 is 0 Å². The number of rotatable bonds is 5. The molecule has 204 valence electrons. The summed E-state index contributed by atoms with van der Waals surface area (Å²) in [4.78, 5) is 81.2. The third-order valence-electron chi connectivity index (χ3n) is 6.25. The second-order valence-electron chi connectivity index (χ2n) is 9.49. The van der Waals surface area contributed by atoms with Crippen molar-refractivity contribution in [1.29, 1.82) is 0 Å². The molecule has 0 aromatic carbocycles. The molecule has 38 heavy (non-hydrogen) atoms. The van der Waals surface area contributed by atoms with Crippen molar-refractivity contribution in [2.75, 3.05) is 28.4 Å². The van der Waals surface area contributed by atoms with Gasteiger partial charge in [-0.3, -0.25) is 4.79 Å². The smallest absolute Gasteiger partial charge is 0.345 e. The van der Waals surface area contributed by atoms with Crippen molar-refractivity contribution in [2.24, 2.45) is 0 Å². The topological polar surface area (TPSA) is 152 Å². The van der Waals surface area contributed by atoms with Crippen LogP contribution in [0.5, 0.6) is 0 Å². The van der Waals surface area contributed by atoms with E-state index in [0.29, 0.717) is 0 Å². The van der Waals surface area contributed by atoms with Gasteiger partial charge in [0.1, 0.15) is 5.60 Å². The fourth-order valence-electron chi connectivity index (χ4n) is 4.87. The summed E-state index contributed by atoms with van der Waals surface area (Å²) in [5.41, 5.74) is -5.14. The highest BCUT2D eigenvalue weighted by molar-refractivity contribution is 6.23. The van der Waals surface area contributed by atoms with Crippen molar-refractivity contribution in [3.05, 3.63) is 46.2 Å². The van der Waals surface area contributed by atoms with Crippen molar-refractivity contribution in [2.45, 2.75) is 50.8 Å². The molecule has 3 heterocycles. The van der Waals surface area contributed by atoms with Crippen LogP contribution in [0.3, 0.4) is 0 Å². The third-order valence-corrected chi connectivity index (χ3v) is 6.25. The number of methoxy groups -OCH3 is 4. The van der Waals surface area contributed by atoms with Crippen LogP contribution in [-0.2, 0) is 52.5 Å². The maximum Gasteiger partial charge on any atom is 0.345 e. The molecule has 12 heteroatoms. The third kappa shape index (κ3) is 4.29. The largest absolute Gasteiger partial charge is 0.466 e. The molecule has 0 saturated carbocycles. The first-order valence-corrected chi connectivity index (χ1v) is 11.6. The average Bonchev–Trinajstić information content (AvgIpc) is 3.17. The van der Waals surface area contributed by atoms with Crippen LogP contribution in [-0.4, -0.2) is 86.2 Å². The minimum absolute atomic E-state index is 0.00591. The Morgan fingerprint density at radius 2 is 1.45 bits per heavy atom. The molecule has 12 nitrogen and oxygen atoms in total. The van der Waals surface area contributed by atoms with Gasteiger partial charge in [-0.25, -0.2) is 24.0 Å². The molecule has 0 aromatic rings. The molecule has 0 spiro atoms. The number of nitrogens with zero attached hydrogens (tertiary/aromatic N) is 1. The molecule has 0 bridgehead atoms. The highest BCUT2D eigenvalue weighted by Gasteiger charge is 2.68. The number of piperidine rings is 1. The van der Waals surface area contributed by atoms with Crippen LogP contribution in [0.4, 0.5) is 0 Å². The Morgan fingerprint density at radius 1 is 0.868 bits per heavy atom. The molecule has 3 aliphatic heterocycles. The Balaban J connectivity index is 2.57. The Kier molecular flexibility index (Phi) is 7.66. The zero-order valence-electron chi connectivity index (χ0n) is 22.2. The summed E-state index contributed by atoms with van der Waals surface area (Å²) < 4.78 is 25.3. The lowest BCUT2D eigenvalue weighted by atomic mass is 9.78. The molecular weight excluding hydrogens is 502 g/mol. The zero-order valence-corrected chi connectivity index (χ0v) is 22.2. The lowest BCUT2D eigenvalue weighted by molar-refractivity contribution is -0.172. The minimum atomic E-state index is -2.54. The lowest BCUT2D eigenvalue weighted by Crippen LogP contribution is -2.64. The van der Waals surface area contributed by atoms with Crippen molar-refractivity contribution in [1.82, 2.24) is 4.90 Å². The first-order valence-electron chi connectivity index (χ1n) is 11.6. The van der Waals surface area contributed by atoms with Crippen LogP contribution in [0.15, 0.2) is 46.2 Å². The predicted octanol–water partition coefficient (Wildman–Crippen LogP) is 0.853. The van der Waals surface area contributed by atoms with E-state index in [1.54, 1.807) is 20.8 Å². The van der Waals surface area contributed by atoms with Gasteiger partial charge >= 0.3 is 29.8 Å². The summed E-state index contributed by atoms with van der Waals surface area (Å²) in [7, 11) is 4.31. The molecule has 0 N–H and O–H groups in total. The van der Waals surface area contributed by atoms with E-state index < -0.39 is 58.4 Å². The van der Waals surface area contributed by atoms with Gasteiger partial charge in [0.15, 0.2) is 5.78 Å². The molecule has 0 aliphatic carbocycles. The quantitative estimate of drug-likeness (QED) is 0.281. The number of allylic oxidation sites excluding steroid dienone is 3. The van der Waals surface area contributed by atoms with E-state index in [1.165, 1.54) is 18.2 Å². The zero-order chi connectivity index (χ0) is 28.6. The van der Waals surface area contributed by atoms with Gasteiger partial charge in [-0.05, 0) is 33.3 Å². The maximum absolute atomic E-state index is 14.0. The van der Waals surface area contributed by atoms with E-state index in [-0.39, 0.29) is 35.3 Å². The van der Waals surface area contributed by atoms with Crippen molar-refractivity contribution in [3.63, 3.8) is 0 Å². The van der Waals surface area contributed by atoms with Crippen LogP contribution in [0.1, 0.15) is 33.6 Å². The van der Waals surface area contributed by atoms with Crippen LogP contribution in [0.2, 0.25) is 0 Å². The predicted molar refractivity (Wildman–Crippen MR) is 128 cm³/mol. The molecule has 1 fully saturated rings. The Bertz CT molecular complexity index is 1240. The number of hydrogen-bond donors (Lipinski definition) is 0. The molecule has 0 unspecified atom stereocenters. The van der Waals surface area contributed by atoms with Gasteiger partial charge in [-0.1, -0.05) is 12.2 Å². The fourth-order valence-corrected chi connectivity index (χ4v) is 4.87. The SMILES string of the molecule is COC(=O)C1=C(C(=O)OC)[C@@]2(C(=O)OC(C)(C)C)C(=O)CC/C3=C(C(=O)OC)/C(C(=O)OC)=C\C=C/[C@@H]1N32. The van der Waals surface area contributed by atoms with E-state index in [4.69, 9.17) is 23.7 Å². The number of hydrogen-bond acceptors (Lipinski definition) is 12. The summed E-state index contributed by atoms with van der Waals surface area (Å²) in [5, 5.41) is 0. The summed E-state index contributed by atoms with van der Waals surface area (Å²) in [6, 6.07) is -1.27. The highest BCUT2D eigenvalue weighted by Crippen LogP contribution is 2.51. The molecule has 1 saturated heterocycles. The van der Waals surface area contributed by atoms with Gasteiger partial charge in [-0.2, -0.15) is 0 Å². The van der Waals surface area contributed by atoms with Crippen LogP contribution < -0.4 is 0 Å². The Morgan fingerprint density at radius 3 is 1.97 bits per heavy atom. The Labute approximate surface area is 218 Å². The second kappa shape index (κ2) is 10.3. The molecule has 2 atom stereocenters. The second-order valence-corrected chi connectivity index (χ2v) is 9.49. The molecule has 0 amide bonds. The van der Waals surface area contributed by atoms with Gasteiger partial charge in [-0.15, -0.1) is 0 Å². The van der Waals surface area contributed by atoms with Gasteiger partial charge in [0, 0.05) is 12.1 Å². The van der Waals surface area contributed by atoms with Gasteiger partial charge in [0.25, 0.3) is 0 Å². The molecular formula is C26H29NO11. The standard InChI is InChI=1S/C26H29NO11/c1-25(2,3)38-24(33)26-16(28)12-11-15-17(21(30)35-5)13(20(29)34-4)9-8-10-14(27(15)26)18(22(31)36-6)19(26)23(32)37-7/h8-10,14H,11-12H2,1-7H3/b10-8-,13-9+,17-15+/t14-,26+/m0/s1. The maximum atomic E-state index is 14.0. The first-order chi connectivity index (χ1) is 17.8. The number of Topliss-reactive ketones (excluding diaryl/α,β-unsaturated/α-hetero) is 1. The highest BCUT2D eigenvalue weighted by atomic mass is 16.6. The van der Waals surface area contributed by atoms with Crippen LogP contribution in [0.25, 0.3) is 0 Å². The summed E-state index contributed by atoms with van der Waals surface area (Å²) in [6.07, 6.45) is 3.50. The van der Waals surface area contributed by atoms with E-state index in [0.717, 1.165) is 33.3 Å². The first kappa shape index (κ1) is 28.4. The van der Waals surface area contributed by atoms with Crippen LogP contribution in [0, 0.1) is 0 Å². The average molecular weight is 532 g/mol. The molecule has 3 rings (SSSR count). The van der Waals surface area contributed by atoms with Crippen molar-refractivity contribution < 1.29 is 52.5 Å². The monoisotopic (exact) mass is 531 g/mol.